The van der Waals surface area contributed by atoms with Gasteiger partial charge < -0.3 is 15.2 Å². The molecule has 0 heterocycles. The highest BCUT2D eigenvalue weighted by atomic mass is 16.6. The van der Waals surface area contributed by atoms with Gasteiger partial charge in [0.1, 0.15) is 0 Å². The molecule has 1 amide bonds. The maximum Gasteiger partial charge on any atom is 0.341 e. The van der Waals surface area contributed by atoms with E-state index in [1.165, 1.54) is 12.1 Å². The van der Waals surface area contributed by atoms with E-state index < -0.39 is 23.4 Å². The molecule has 0 spiro atoms. The van der Waals surface area contributed by atoms with Crippen molar-refractivity contribution in [3.05, 3.63) is 106 Å². The summed E-state index contributed by atoms with van der Waals surface area (Å²) in [6.45, 7) is -0.743. The Morgan fingerprint density at radius 2 is 1.59 bits per heavy atom. The van der Waals surface area contributed by atoms with Crippen LogP contribution in [0, 0.1) is 10.1 Å². The lowest BCUT2D eigenvalue weighted by Gasteiger charge is -2.11. The molecule has 0 unspecified atom stereocenters. The lowest BCUT2D eigenvalue weighted by atomic mass is 10.0. The molecule has 0 aliphatic carbocycles. The average molecular weight is 462 g/mol. The van der Waals surface area contributed by atoms with Crippen LogP contribution in [0.2, 0.25) is 0 Å². The normalized spacial score (nSPS) is 10.1. The maximum atomic E-state index is 12.5. The molecule has 174 valence electrons. The summed E-state index contributed by atoms with van der Waals surface area (Å²) >= 11 is 0. The fourth-order valence-corrected chi connectivity index (χ4v) is 3.01. The van der Waals surface area contributed by atoms with Crippen molar-refractivity contribution in [3.8, 4) is 0 Å². The third kappa shape index (κ3) is 6.47. The number of carbonyl (C=O) groups excluding carboxylic acids is 2. The Labute approximate surface area is 195 Å². The number of hydrogen-bond acceptors (Lipinski definition) is 8. The number of nitrogens with zero attached hydrogens (tertiary/aromatic N) is 2. The lowest BCUT2D eigenvalue weighted by molar-refractivity contribution is -0.384. The van der Waals surface area contributed by atoms with Crippen molar-refractivity contribution in [2.24, 2.45) is 5.10 Å². The molecule has 0 aromatic heterocycles. The van der Waals surface area contributed by atoms with Crippen LogP contribution in [-0.2, 0) is 9.53 Å². The van der Waals surface area contributed by atoms with Crippen molar-refractivity contribution >= 4 is 29.0 Å². The summed E-state index contributed by atoms with van der Waals surface area (Å²) in [6.07, 6.45) is 0. The van der Waals surface area contributed by atoms with E-state index in [1.807, 2.05) is 60.7 Å². The number of aliphatic hydroxyl groups excluding tert-OH is 1. The van der Waals surface area contributed by atoms with Crippen LogP contribution in [0.15, 0.2) is 84.0 Å². The van der Waals surface area contributed by atoms with Crippen molar-refractivity contribution in [2.75, 3.05) is 25.1 Å². The number of nitrogens with one attached hydrogen (secondary N) is 2. The third-order valence-electron chi connectivity index (χ3n) is 4.58. The fraction of sp³-hybridized carbons (Fsp3) is 0.125. The average Bonchev–Trinajstić information content (AvgIpc) is 2.87. The molecule has 3 aromatic rings. The van der Waals surface area contributed by atoms with Gasteiger partial charge in [-0.25, -0.2) is 10.2 Å². The number of hydrazone groups is 1. The van der Waals surface area contributed by atoms with Crippen LogP contribution in [0.25, 0.3) is 0 Å². The molecule has 0 fully saturated rings. The standard InChI is InChI=1S/C24H22N4O6/c29-14-13-25-21-12-11-19(28(32)33)15-20(21)24(31)34-16-22(30)26-27-23(17-7-3-1-4-8-17)18-9-5-2-6-10-18/h1-12,15,25,29H,13-14,16H2,(H,26,30). The van der Waals surface area contributed by atoms with Crippen LogP contribution >= 0.6 is 0 Å². The number of ether oxygens (including phenoxy) is 1. The first-order valence-corrected chi connectivity index (χ1v) is 10.3. The van der Waals surface area contributed by atoms with Crippen LogP contribution < -0.4 is 10.7 Å². The molecule has 10 nitrogen and oxygen atoms in total. The first-order chi connectivity index (χ1) is 16.5. The van der Waals surface area contributed by atoms with E-state index in [4.69, 9.17) is 9.84 Å². The van der Waals surface area contributed by atoms with Crippen molar-refractivity contribution in [2.45, 2.75) is 0 Å². The maximum absolute atomic E-state index is 12.5. The number of carbonyl (C=O) groups is 2. The summed E-state index contributed by atoms with van der Waals surface area (Å²) in [4.78, 5) is 35.3. The van der Waals surface area contributed by atoms with Gasteiger partial charge in [0.25, 0.3) is 11.6 Å². The minimum atomic E-state index is -0.936. The summed E-state index contributed by atoms with van der Waals surface area (Å²) in [6, 6.07) is 22.1. The van der Waals surface area contributed by atoms with E-state index in [-0.39, 0.29) is 30.1 Å². The predicted octanol–water partition coefficient (Wildman–Crippen LogP) is 2.72. The zero-order chi connectivity index (χ0) is 24.3. The van der Waals surface area contributed by atoms with Crippen molar-refractivity contribution in [1.29, 1.82) is 0 Å². The van der Waals surface area contributed by atoms with E-state index in [2.05, 4.69) is 15.8 Å². The van der Waals surface area contributed by atoms with Crippen LogP contribution in [0.1, 0.15) is 21.5 Å². The molecule has 3 aromatic carbocycles. The summed E-state index contributed by atoms with van der Waals surface area (Å²) in [5.41, 5.74) is 4.25. The van der Waals surface area contributed by atoms with Gasteiger partial charge in [-0.2, -0.15) is 5.10 Å². The molecule has 3 N–H and O–H groups in total. The van der Waals surface area contributed by atoms with Gasteiger partial charge in [-0.1, -0.05) is 60.7 Å². The number of amides is 1. The van der Waals surface area contributed by atoms with E-state index in [9.17, 15) is 19.7 Å². The zero-order valence-electron chi connectivity index (χ0n) is 18.0. The monoisotopic (exact) mass is 462 g/mol. The van der Waals surface area contributed by atoms with Crippen LogP contribution in [0.5, 0.6) is 0 Å². The van der Waals surface area contributed by atoms with Crippen molar-refractivity contribution in [1.82, 2.24) is 5.43 Å². The van der Waals surface area contributed by atoms with Gasteiger partial charge in [-0.05, 0) is 6.07 Å². The van der Waals surface area contributed by atoms with Gasteiger partial charge in [0.15, 0.2) is 6.61 Å². The molecule has 3 rings (SSSR count). The molecule has 0 aliphatic heterocycles. The highest BCUT2D eigenvalue weighted by Gasteiger charge is 2.19. The number of rotatable bonds is 10. The van der Waals surface area contributed by atoms with E-state index in [0.717, 1.165) is 17.2 Å². The molecule has 0 saturated carbocycles. The Balaban J connectivity index is 1.71. The number of hydrogen-bond donors (Lipinski definition) is 3. The Bertz CT molecular complexity index is 1140. The fourth-order valence-electron chi connectivity index (χ4n) is 3.01. The summed E-state index contributed by atoms with van der Waals surface area (Å²) in [5.74, 6) is -1.62. The molecule has 0 aliphatic rings. The number of nitro groups is 1. The third-order valence-corrected chi connectivity index (χ3v) is 4.58. The second-order valence-electron chi connectivity index (χ2n) is 6.94. The van der Waals surface area contributed by atoms with Crippen LogP contribution in [0.3, 0.4) is 0 Å². The number of esters is 1. The zero-order valence-corrected chi connectivity index (χ0v) is 18.0. The molecule has 10 heteroatoms. The topological polar surface area (TPSA) is 143 Å². The summed E-state index contributed by atoms with van der Waals surface area (Å²) < 4.78 is 5.04. The molecule has 0 atom stereocenters. The highest BCUT2D eigenvalue weighted by Crippen LogP contribution is 2.23. The molecular weight excluding hydrogens is 440 g/mol. The first kappa shape index (κ1) is 24.1. The lowest BCUT2D eigenvalue weighted by Crippen LogP contribution is -2.26. The molecule has 34 heavy (non-hydrogen) atoms. The van der Waals surface area contributed by atoms with Crippen LogP contribution in [-0.4, -0.2) is 47.4 Å². The molecule has 0 saturated heterocycles. The van der Waals surface area contributed by atoms with Crippen LogP contribution in [0.4, 0.5) is 11.4 Å². The largest absolute Gasteiger partial charge is 0.452 e. The van der Waals surface area contributed by atoms with Gasteiger partial charge >= 0.3 is 5.97 Å². The van der Waals surface area contributed by atoms with E-state index in [0.29, 0.717) is 5.71 Å². The number of nitro benzene ring substituents is 1. The predicted molar refractivity (Wildman–Crippen MR) is 126 cm³/mol. The quantitative estimate of drug-likeness (QED) is 0.182. The Morgan fingerprint density at radius 3 is 2.15 bits per heavy atom. The van der Waals surface area contributed by atoms with Crippen molar-refractivity contribution < 1.29 is 24.4 Å². The Hall–Kier alpha value is -4.57. The Morgan fingerprint density at radius 1 is 0.971 bits per heavy atom. The molecule has 0 radical (unpaired) electrons. The van der Waals surface area contributed by atoms with Gasteiger partial charge in [0, 0.05) is 35.5 Å². The minimum absolute atomic E-state index is 0.120. The van der Waals surface area contributed by atoms with Gasteiger partial charge in [-0.15, -0.1) is 0 Å². The van der Waals surface area contributed by atoms with Gasteiger partial charge in [0.05, 0.1) is 22.8 Å². The SMILES string of the molecule is O=C(COC(=O)c1cc([N+](=O)[O-])ccc1NCCO)NN=C(c1ccccc1)c1ccccc1. The molecular formula is C24H22N4O6. The van der Waals surface area contributed by atoms with E-state index in [1.54, 1.807) is 0 Å². The second kappa shape index (κ2) is 11.9. The molecule has 0 bridgehead atoms. The Kier molecular flexibility index (Phi) is 8.42. The van der Waals surface area contributed by atoms with Gasteiger partial charge in [0.2, 0.25) is 0 Å². The smallest absolute Gasteiger partial charge is 0.341 e. The van der Waals surface area contributed by atoms with Crippen molar-refractivity contribution in [3.63, 3.8) is 0 Å². The number of benzene rings is 3. The minimum Gasteiger partial charge on any atom is -0.452 e. The number of anilines is 1. The summed E-state index contributed by atoms with van der Waals surface area (Å²) in [7, 11) is 0. The number of non-ortho nitro benzene ring substituents is 1. The highest BCUT2D eigenvalue weighted by molar-refractivity contribution is 6.13. The second-order valence-corrected chi connectivity index (χ2v) is 6.94. The van der Waals surface area contributed by atoms with Gasteiger partial charge in [-0.3, -0.25) is 14.9 Å². The van der Waals surface area contributed by atoms with E-state index >= 15 is 0 Å². The first-order valence-electron chi connectivity index (χ1n) is 10.3. The summed E-state index contributed by atoms with van der Waals surface area (Å²) in [5, 5.41) is 27.0. The number of aliphatic hydroxyl groups is 1.